The highest BCUT2D eigenvalue weighted by Crippen LogP contribution is 2.26. The van der Waals surface area contributed by atoms with Crippen molar-refractivity contribution in [3.8, 4) is 11.4 Å². The Morgan fingerprint density at radius 2 is 1.78 bits per heavy atom. The van der Waals surface area contributed by atoms with Crippen molar-refractivity contribution in [2.45, 2.75) is 6.36 Å². The van der Waals surface area contributed by atoms with Gasteiger partial charge in [-0.15, -0.1) is 18.3 Å². The van der Waals surface area contributed by atoms with Crippen LogP contribution in [0, 0.1) is 0 Å². The number of hydrogen-bond donors (Lipinski definition) is 0. The summed E-state index contributed by atoms with van der Waals surface area (Å²) < 4.78 is 47.7. The molecule has 1 fully saturated rings. The topological polar surface area (TPSA) is 52.4 Å². The van der Waals surface area contributed by atoms with Crippen molar-refractivity contribution in [2.24, 2.45) is 0 Å². The van der Waals surface area contributed by atoms with Crippen LogP contribution < -0.4 is 9.64 Å². The van der Waals surface area contributed by atoms with Crippen LogP contribution in [0.15, 0.2) is 29.0 Å². The zero-order valence-electron chi connectivity index (χ0n) is 11.8. The SMILES string of the molecule is FC(F)(F)Oc1ccc(-n2nc(Br)nc2N2CCOCC2)cc1. The molecule has 0 atom stereocenters. The standard InChI is InChI=1S/C13H12BrF3N4O2/c14-11-18-12(20-5-7-22-8-6-20)21(19-11)9-1-3-10(4-2-9)23-13(15,16)17/h1-4H,5-8H2. The van der Waals surface area contributed by atoms with Gasteiger partial charge in [-0.3, -0.25) is 0 Å². The Bertz CT molecular complexity index is 669. The summed E-state index contributed by atoms with van der Waals surface area (Å²) in [7, 11) is 0. The normalized spacial score (nSPS) is 15.7. The molecule has 0 aliphatic carbocycles. The molecule has 0 N–H and O–H groups in total. The maximum atomic E-state index is 12.2. The lowest BCUT2D eigenvalue weighted by molar-refractivity contribution is -0.274. The van der Waals surface area contributed by atoms with Gasteiger partial charge < -0.3 is 14.4 Å². The van der Waals surface area contributed by atoms with Crippen molar-refractivity contribution in [1.82, 2.24) is 14.8 Å². The van der Waals surface area contributed by atoms with Gasteiger partial charge in [0.05, 0.1) is 18.9 Å². The van der Waals surface area contributed by atoms with Crippen LogP contribution in [0.2, 0.25) is 0 Å². The average molecular weight is 393 g/mol. The Labute approximate surface area is 137 Å². The third kappa shape index (κ3) is 3.94. The van der Waals surface area contributed by atoms with E-state index < -0.39 is 6.36 Å². The van der Waals surface area contributed by atoms with Crippen LogP contribution in [0.25, 0.3) is 5.69 Å². The largest absolute Gasteiger partial charge is 0.573 e. The molecule has 1 saturated heterocycles. The smallest absolute Gasteiger partial charge is 0.406 e. The summed E-state index contributed by atoms with van der Waals surface area (Å²) in [5.74, 6) is 0.318. The highest BCUT2D eigenvalue weighted by atomic mass is 79.9. The Hall–Kier alpha value is -1.81. The minimum atomic E-state index is -4.71. The average Bonchev–Trinajstić information content (AvgIpc) is 2.89. The number of morpholine rings is 1. The Kier molecular flexibility index (Phi) is 4.44. The number of aromatic nitrogens is 3. The first-order chi connectivity index (χ1) is 10.9. The summed E-state index contributed by atoms with van der Waals surface area (Å²) in [6.45, 7) is 2.51. The third-order valence-corrected chi connectivity index (χ3v) is 3.51. The van der Waals surface area contributed by atoms with Crippen molar-refractivity contribution in [1.29, 1.82) is 0 Å². The van der Waals surface area contributed by atoms with Crippen molar-refractivity contribution < 1.29 is 22.6 Å². The first kappa shape index (κ1) is 16.1. The zero-order valence-corrected chi connectivity index (χ0v) is 13.3. The van der Waals surface area contributed by atoms with Crippen LogP contribution in [-0.4, -0.2) is 47.4 Å². The van der Waals surface area contributed by atoms with Crippen LogP contribution in [0.5, 0.6) is 5.75 Å². The highest BCUT2D eigenvalue weighted by Gasteiger charge is 2.31. The second-order valence-electron chi connectivity index (χ2n) is 4.73. The fourth-order valence-corrected chi connectivity index (χ4v) is 2.53. The molecular weight excluding hydrogens is 381 g/mol. The molecule has 0 saturated carbocycles. The molecule has 1 aromatic heterocycles. The summed E-state index contributed by atoms with van der Waals surface area (Å²) in [5.41, 5.74) is 0.583. The highest BCUT2D eigenvalue weighted by molar-refractivity contribution is 9.10. The second kappa shape index (κ2) is 6.36. The fourth-order valence-electron chi connectivity index (χ4n) is 2.21. The second-order valence-corrected chi connectivity index (χ2v) is 5.44. The molecule has 10 heteroatoms. The minimum absolute atomic E-state index is 0.284. The van der Waals surface area contributed by atoms with E-state index in [2.05, 4.69) is 30.7 Å². The van der Waals surface area contributed by atoms with Crippen molar-refractivity contribution in [3.63, 3.8) is 0 Å². The molecule has 1 aliphatic rings. The molecule has 1 aliphatic heterocycles. The molecule has 23 heavy (non-hydrogen) atoms. The zero-order chi connectivity index (χ0) is 16.4. The van der Waals surface area contributed by atoms with Gasteiger partial charge >= 0.3 is 6.36 Å². The summed E-state index contributed by atoms with van der Waals surface area (Å²) in [6.07, 6.45) is -4.71. The van der Waals surface area contributed by atoms with Gasteiger partial charge in [0, 0.05) is 13.1 Å². The maximum absolute atomic E-state index is 12.2. The number of halogens is 4. The van der Waals surface area contributed by atoms with Crippen LogP contribution in [-0.2, 0) is 4.74 Å². The predicted molar refractivity (Wildman–Crippen MR) is 78.8 cm³/mol. The lowest BCUT2D eigenvalue weighted by Gasteiger charge is -2.27. The van der Waals surface area contributed by atoms with E-state index in [1.54, 1.807) is 4.68 Å². The summed E-state index contributed by atoms with van der Waals surface area (Å²) in [4.78, 5) is 6.32. The minimum Gasteiger partial charge on any atom is -0.406 e. The van der Waals surface area contributed by atoms with E-state index in [0.717, 1.165) is 0 Å². The summed E-state index contributed by atoms with van der Waals surface area (Å²) >= 11 is 3.23. The molecule has 0 unspecified atom stereocenters. The number of nitrogens with zero attached hydrogens (tertiary/aromatic N) is 4. The third-order valence-electron chi connectivity index (χ3n) is 3.17. The molecule has 2 heterocycles. The van der Waals surface area contributed by atoms with Gasteiger partial charge in [0.25, 0.3) is 0 Å². The van der Waals surface area contributed by atoms with Gasteiger partial charge in [-0.2, -0.15) is 9.67 Å². The van der Waals surface area contributed by atoms with E-state index in [0.29, 0.717) is 42.7 Å². The van der Waals surface area contributed by atoms with Gasteiger partial charge in [0.1, 0.15) is 5.75 Å². The molecule has 0 spiro atoms. The van der Waals surface area contributed by atoms with Crippen molar-refractivity contribution in [3.05, 3.63) is 29.0 Å². The van der Waals surface area contributed by atoms with Crippen molar-refractivity contribution >= 4 is 21.9 Å². The van der Waals surface area contributed by atoms with Gasteiger partial charge in [0.2, 0.25) is 10.7 Å². The van der Waals surface area contributed by atoms with Gasteiger partial charge in [-0.25, -0.2) is 0 Å². The fraction of sp³-hybridized carbons (Fsp3) is 0.385. The Morgan fingerprint density at radius 1 is 1.13 bits per heavy atom. The van der Waals surface area contributed by atoms with Crippen LogP contribution in [0.3, 0.4) is 0 Å². The Balaban J connectivity index is 1.86. The molecule has 124 valence electrons. The first-order valence-electron chi connectivity index (χ1n) is 6.74. The number of anilines is 1. The molecular formula is C13H12BrF3N4O2. The van der Waals surface area contributed by atoms with E-state index >= 15 is 0 Å². The van der Waals surface area contributed by atoms with E-state index in [9.17, 15) is 13.2 Å². The van der Waals surface area contributed by atoms with Crippen LogP contribution in [0.4, 0.5) is 19.1 Å². The number of ether oxygens (including phenoxy) is 2. The first-order valence-corrected chi connectivity index (χ1v) is 7.53. The molecule has 0 amide bonds. The molecule has 6 nitrogen and oxygen atoms in total. The Morgan fingerprint density at radius 3 is 2.39 bits per heavy atom. The summed E-state index contributed by atoms with van der Waals surface area (Å²) in [5, 5.41) is 4.24. The van der Waals surface area contributed by atoms with Gasteiger partial charge in [-0.1, -0.05) is 0 Å². The number of hydrogen-bond acceptors (Lipinski definition) is 5. The lowest BCUT2D eigenvalue weighted by Crippen LogP contribution is -2.37. The van der Waals surface area contributed by atoms with Gasteiger partial charge in [-0.05, 0) is 40.2 Å². The maximum Gasteiger partial charge on any atom is 0.573 e. The van der Waals surface area contributed by atoms with Crippen molar-refractivity contribution in [2.75, 3.05) is 31.2 Å². The monoisotopic (exact) mass is 392 g/mol. The van der Waals surface area contributed by atoms with E-state index in [-0.39, 0.29) is 5.75 Å². The van der Waals surface area contributed by atoms with Crippen LogP contribution >= 0.6 is 15.9 Å². The van der Waals surface area contributed by atoms with E-state index in [4.69, 9.17) is 4.74 Å². The van der Waals surface area contributed by atoms with Gasteiger partial charge in [0.15, 0.2) is 0 Å². The molecule has 2 aromatic rings. The molecule has 1 aromatic carbocycles. The summed E-state index contributed by atoms with van der Waals surface area (Å²) in [6, 6.07) is 5.46. The number of alkyl halides is 3. The predicted octanol–water partition coefficient (Wildman–Crippen LogP) is 2.77. The number of rotatable bonds is 3. The molecule has 0 bridgehead atoms. The molecule has 0 radical (unpaired) electrons. The lowest BCUT2D eigenvalue weighted by atomic mass is 10.3. The molecule has 3 rings (SSSR count). The van der Waals surface area contributed by atoms with Crippen LogP contribution in [0.1, 0.15) is 0 Å². The number of benzene rings is 1. The van der Waals surface area contributed by atoms with E-state index in [1.165, 1.54) is 24.3 Å². The van der Waals surface area contributed by atoms with E-state index in [1.807, 2.05) is 4.90 Å². The quantitative estimate of drug-likeness (QED) is 0.803.